The van der Waals surface area contributed by atoms with Crippen molar-refractivity contribution >= 4 is 35.6 Å². The summed E-state index contributed by atoms with van der Waals surface area (Å²) in [5, 5.41) is 0. The predicted molar refractivity (Wildman–Crippen MR) is 152 cm³/mol. The van der Waals surface area contributed by atoms with E-state index in [0.29, 0.717) is 0 Å². The van der Waals surface area contributed by atoms with Crippen LogP contribution in [0.2, 0.25) is 0 Å². The molecule has 0 N–H and O–H groups in total. The van der Waals surface area contributed by atoms with Crippen molar-refractivity contribution in [1.29, 1.82) is 0 Å². The number of carbonyl (C=O) groups is 3. The van der Waals surface area contributed by atoms with E-state index < -0.39 is 0 Å². The lowest BCUT2D eigenvalue weighted by Gasteiger charge is -1.98. The van der Waals surface area contributed by atoms with Crippen LogP contribution in [0.4, 0.5) is 0 Å². The highest BCUT2D eigenvalue weighted by molar-refractivity contribution is 6.04. The molecule has 0 amide bonds. The van der Waals surface area contributed by atoms with E-state index in [4.69, 9.17) is 9.47 Å². The molecule has 0 aromatic heterocycles. The lowest BCUT2D eigenvalue weighted by Crippen LogP contribution is -1.85. The van der Waals surface area contributed by atoms with E-state index in [1.54, 1.807) is 50.7 Å². The molecule has 0 bridgehead atoms. The Labute approximate surface area is 219 Å². The van der Waals surface area contributed by atoms with E-state index in [1.807, 2.05) is 78.9 Å². The lowest BCUT2D eigenvalue weighted by atomic mass is 10.1. The fourth-order valence-corrected chi connectivity index (χ4v) is 2.62. The summed E-state index contributed by atoms with van der Waals surface area (Å²) in [4.78, 5) is 31.8. The van der Waals surface area contributed by atoms with Crippen LogP contribution < -0.4 is 9.47 Å². The zero-order chi connectivity index (χ0) is 27.5. The van der Waals surface area contributed by atoms with Crippen LogP contribution in [0, 0.1) is 0 Å². The number of hydrogen-bond acceptors (Lipinski definition) is 5. The Kier molecular flexibility index (Phi) is 14.7. The summed E-state index contributed by atoms with van der Waals surface area (Å²) in [5.41, 5.74) is 2.97. The van der Waals surface area contributed by atoms with Gasteiger partial charge in [0.05, 0.1) is 14.2 Å². The molecular weight excluding hydrogens is 464 g/mol. The van der Waals surface area contributed by atoms with E-state index in [9.17, 15) is 14.4 Å². The molecule has 0 unspecified atom stereocenters. The molecule has 0 radical (unpaired) electrons. The van der Waals surface area contributed by atoms with Crippen LogP contribution in [0.25, 0.3) is 18.2 Å². The van der Waals surface area contributed by atoms with Crippen molar-refractivity contribution in [2.75, 3.05) is 14.2 Å². The Bertz CT molecular complexity index is 1180. The monoisotopic (exact) mass is 498 g/mol. The molecule has 0 aliphatic heterocycles. The number of benzene rings is 3. The van der Waals surface area contributed by atoms with E-state index in [0.717, 1.165) is 28.2 Å². The molecule has 3 aromatic rings. The van der Waals surface area contributed by atoms with E-state index >= 15 is 0 Å². The number of hydrogen-bond donors (Lipinski definition) is 0. The Morgan fingerprint density at radius 3 is 1.24 bits per heavy atom. The highest BCUT2D eigenvalue weighted by atomic mass is 16.5. The first-order chi connectivity index (χ1) is 17.7. The van der Waals surface area contributed by atoms with Crippen LogP contribution in [0.1, 0.15) is 37.5 Å². The van der Waals surface area contributed by atoms with Gasteiger partial charge in [0.2, 0.25) is 0 Å². The minimum atomic E-state index is -0.0373. The third-order valence-corrected chi connectivity index (χ3v) is 4.42. The number of ketones is 3. The summed E-state index contributed by atoms with van der Waals surface area (Å²) in [6.07, 6.45) is 10.0. The largest absolute Gasteiger partial charge is 0.497 e. The Balaban J connectivity index is 0.000000346. The summed E-state index contributed by atoms with van der Waals surface area (Å²) in [6.45, 7) is 4.58. The van der Waals surface area contributed by atoms with Crippen molar-refractivity contribution in [1.82, 2.24) is 0 Å². The highest BCUT2D eigenvalue weighted by Crippen LogP contribution is 2.13. The second-order valence-corrected chi connectivity index (χ2v) is 7.88. The number of ether oxygens (including phenoxy) is 2. The Morgan fingerprint density at radius 2 is 0.892 bits per heavy atom. The summed E-state index contributed by atoms with van der Waals surface area (Å²) >= 11 is 0. The normalized spacial score (nSPS) is 10.3. The van der Waals surface area contributed by atoms with Gasteiger partial charge in [-0.3, -0.25) is 9.59 Å². The number of allylic oxidation sites excluding steroid dienone is 3. The van der Waals surface area contributed by atoms with Crippen molar-refractivity contribution in [3.8, 4) is 11.5 Å². The zero-order valence-corrected chi connectivity index (χ0v) is 22.0. The van der Waals surface area contributed by atoms with Crippen LogP contribution in [0.5, 0.6) is 11.5 Å². The summed E-state index contributed by atoms with van der Waals surface area (Å²) in [5.74, 6) is 1.80. The highest BCUT2D eigenvalue weighted by Gasteiger charge is 1.93. The van der Waals surface area contributed by atoms with Crippen LogP contribution in [0.3, 0.4) is 0 Å². The Morgan fingerprint density at radius 1 is 0.541 bits per heavy atom. The molecule has 0 saturated carbocycles. The smallest absolute Gasteiger partial charge is 0.178 e. The first-order valence-corrected chi connectivity index (χ1v) is 11.6. The van der Waals surface area contributed by atoms with Gasteiger partial charge in [0.25, 0.3) is 0 Å². The molecule has 0 aliphatic rings. The average molecular weight is 499 g/mol. The molecule has 3 rings (SSSR count). The number of methoxy groups -OCH3 is 2. The quantitative estimate of drug-likeness (QED) is 0.317. The summed E-state index contributed by atoms with van der Waals surface area (Å²) in [7, 11) is 3.25. The standard InChI is InChI=1S/C18H16O2.C11H12O2.C3H6O/c1-20-18-13-9-16(10-14-18)8-12-17(19)11-7-15-5-3-2-4-6-15;1-9(12)3-4-10-5-7-11(13-2)8-6-10;1-3(2)4/h2-14H,1H3;3-8H,1-2H3;1-2H3/b11-7+,12-8+;4-3+;. The van der Waals surface area contributed by atoms with Crippen LogP contribution in [-0.2, 0) is 14.4 Å². The predicted octanol–water partition coefficient (Wildman–Crippen LogP) is 6.88. The third-order valence-electron chi connectivity index (χ3n) is 4.42. The molecule has 5 nitrogen and oxygen atoms in total. The molecule has 192 valence electrons. The van der Waals surface area contributed by atoms with Gasteiger partial charge in [-0.1, -0.05) is 72.8 Å². The molecule has 0 aliphatic carbocycles. The topological polar surface area (TPSA) is 69.7 Å². The SMILES string of the molecule is CC(C)=O.COc1ccc(/C=C/C(=O)/C=C/c2ccccc2)cc1.COc1ccc(/C=C/C(C)=O)cc1. The Hall–Kier alpha value is -4.51. The van der Waals surface area contributed by atoms with Crippen molar-refractivity contribution in [2.24, 2.45) is 0 Å². The molecule has 0 saturated heterocycles. The molecular formula is C32H34O5. The summed E-state index contributed by atoms with van der Waals surface area (Å²) < 4.78 is 10.1. The van der Waals surface area contributed by atoms with Gasteiger partial charge in [0.15, 0.2) is 11.6 Å². The second kappa shape index (κ2) is 17.9. The van der Waals surface area contributed by atoms with Crippen molar-refractivity contribution in [2.45, 2.75) is 20.8 Å². The average Bonchev–Trinajstić information content (AvgIpc) is 2.90. The maximum atomic E-state index is 11.7. The molecule has 0 atom stereocenters. The maximum Gasteiger partial charge on any atom is 0.178 e. The number of Topliss-reactive ketones (excluding diaryl/α,β-unsaturated/α-hetero) is 1. The van der Waals surface area contributed by atoms with Gasteiger partial charge < -0.3 is 14.3 Å². The van der Waals surface area contributed by atoms with E-state index in [2.05, 4.69) is 0 Å². The van der Waals surface area contributed by atoms with Crippen LogP contribution in [-0.4, -0.2) is 31.6 Å². The first-order valence-electron chi connectivity index (χ1n) is 11.6. The van der Waals surface area contributed by atoms with Gasteiger partial charge >= 0.3 is 0 Å². The number of carbonyl (C=O) groups excluding carboxylic acids is 3. The fraction of sp³-hybridized carbons (Fsp3) is 0.156. The zero-order valence-electron chi connectivity index (χ0n) is 22.0. The molecule has 0 fully saturated rings. The van der Waals surface area contributed by atoms with Gasteiger partial charge in [-0.05, 0) is 80.0 Å². The molecule has 0 heterocycles. The molecule has 5 heteroatoms. The van der Waals surface area contributed by atoms with Gasteiger partial charge in [0, 0.05) is 0 Å². The maximum absolute atomic E-state index is 11.7. The van der Waals surface area contributed by atoms with Crippen LogP contribution >= 0.6 is 0 Å². The minimum absolute atomic E-state index is 0.0373. The van der Waals surface area contributed by atoms with Gasteiger partial charge in [-0.2, -0.15) is 0 Å². The molecule has 0 spiro atoms. The molecule has 37 heavy (non-hydrogen) atoms. The number of rotatable bonds is 8. The van der Waals surface area contributed by atoms with Gasteiger partial charge in [-0.15, -0.1) is 0 Å². The fourth-order valence-electron chi connectivity index (χ4n) is 2.62. The van der Waals surface area contributed by atoms with Crippen molar-refractivity contribution < 1.29 is 23.9 Å². The van der Waals surface area contributed by atoms with E-state index in [-0.39, 0.29) is 17.3 Å². The second-order valence-electron chi connectivity index (χ2n) is 7.88. The van der Waals surface area contributed by atoms with E-state index in [1.165, 1.54) is 20.8 Å². The van der Waals surface area contributed by atoms with Crippen LogP contribution in [0.15, 0.2) is 97.1 Å². The molecule has 3 aromatic carbocycles. The van der Waals surface area contributed by atoms with Crippen molar-refractivity contribution in [3.05, 3.63) is 114 Å². The summed E-state index contributed by atoms with van der Waals surface area (Å²) in [6, 6.07) is 24.8. The first kappa shape index (κ1) is 30.5. The lowest BCUT2D eigenvalue weighted by molar-refractivity contribution is -0.115. The minimum Gasteiger partial charge on any atom is -0.497 e. The third kappa shape index (κ3) is 15.2. The van der Waals surface area contributed by atoms with Gasteiger partial charge in [-0.25, -0.2) is 0 Å². The van der Waals surface area contributed by atoms with Crippen molar-refractivity contribution in [3.63, 3.8) is 0 Å². The van der Waals surface area contributed by atoms with Gasteiger partial charge in [0.1, 0.15) is 17.3 Å².